The van der Waals surface area contributed by atoms with Crippen LogP contribution in [0.15, 0.2) is 24.5 Å². The van der Waals surface area contributed by atoms with Crippen molar-refractivity contribution in [2.45, 2.75) is 25.5 Å². The van der Waals surface area contributed by atoms with Crippen LogP contribution in [-0.4, -0.2) is 24.9 Å². The zero-order chi connectivity index (χ0) is 11.0. The van der Waals surface area contributed by atoms with Gasteiger partial charge in [0.2, 0.25) is 0 Å². The van der Waals surface area contributed by atoms with Crippen molar-refractivity contribution in [2.75, 3.05) is 0 Å². The molecule has 0 radical (unpaired) electrons. The van der Waals surface area contributed by atoms with Crippen molar-refractivity contribution in [3.8, 4) is 11.4 Å². The van der Waals surface area contributed by atoms with Gasteiger partial charge < -0.3 is 5.11 Å². The molecule has 1 atom stereocenters. The largest absolute Gasteiger partial charge is 0.385 e. The molecular formula is C11H12N4O. The third-order valence-corrected chi connectivity index (χ3v) is 2.77. The van der Waals surface area contributed by atoms with Crippen molar-refractivity contribution in [2.24, 2.45) is 0 Å². The van der Waals surface area contributed by atoms with E-state index in [9.17, 15) is 5.11 Å². The Morgan fingerprint density at radius 1 is 1.44 bits per heavy atom. The SMILES string of the molecule is OC1CCCn2nc(-c3cccnc3)nc21. The Morgan fingerprint density at radius 3 is 3.12 bits per heavy atom. The molecular weight excluding hydrogens is 204 g/mol. The van der Waals surface area contributed by atoms with Gasteiger partial charge in [-0.1, -0.05) is 0 Å². The summed E-state index contributed by atoms with van der Waals surface area (Å²) in [5.41, 5.74) is 0.886. The van der Waals surface area contributed by atoms with Crippen LogP contribution in [0.1, 0.15) is 24.8 Å². The fraction of sp³-hybridized carbons (Fsp3) is 0.364. The molecule has 0 aromatic carbocycles. The number of hydrogen-bond donors (Lipinski definition) is 1. The van der Waals surface area contributed by atoms with Gasteiger partial charge in [-0.2, -0.15) is 5.10 Å². The van der Waals surface area contributed by atoms with E-state index in [0.717, 1.165) is 24.9 Å². The average molecular weight is 216 g/mol. The molecule has 3 heterocycles. The van der Waals surface area contributed by atoms with Crippen LogP contribution in [0.4, 0.5) is 0 Å². The second-order valence-electron chi connectivity index (χ2n) is 3.92. The lowest BCUT2D eigenvalue weighted by atomic mass is 10.1. The Labute approximate surface area is 92.8 Å². The Hall–Kier alpha value is -1.75. The van der Waals surface area contributed by atoms with Crippen molar-refractivity contribution in [3.05, 3.63) is 30.4 Å². The van der Waals surface area contributed by atoms with Gasteiger partial charge in [0.1, 0.15) is 6.10 Å². The van der Waals surface area contributed by atoms with Crippen LogP contribution in [0.3, 0.4) is 0 Å². The van der Waals surface area contributed by atoms with E-state index in [2.05, 4.69) is 15.1 Å². The lowest BCUT2D eigenvalue weighted by Gasteiger charge is -2.16. The van der Waals surface area contributed by atoms with Crippen LogP contribution in [0.2, 0.25) is 0 Å². The zero-order valence-electron chi connectivity index (χ0n) is 8.74. The van der Waals surface area contributed by atoms with Gasteiger partial charge in [0, 0.05) is 24.5 Å². The summed E-state index contributed by atoms with van der Waals surface area (Å²) in [6, 6.07) is 3.77. The molecule has 0 bridgehead atoms. The molecule has 3 rings (SSSR count). The molecule has 5 heteroatoms. The van der Waals surface area contributed by atoms with Crippen LogP contribution < -0.4 is 0 Å². The van der Waals surface area contributed by atoms with Gasteiger partial charge in [0.05, 0.1) is 0 Å². The number of aryl methyl sites for hydroxylation is 1. The number of aliphatic hydroxyl groups excluding tert-OH is 1. The molecule has 2 aromatic heterocycles. The van der Waals surface area contributed by atoms with Gasteiger partial charge >= 0.3 is 0 Å². The van der Waals surface area contributed by atoms with E-state index in [1.54, 1.807) is 17.1 Å². The maximum Gasteiger partial charge on any atom is 0.183 e. The molecule has 2 aromatic rings. The minimum atomic E-state index is -0.480. The molecule has 5 nitrogen and oxygen atoms in total. The summed E-state index contributed by atoms with van der Waals surface area (Å²) in [7, 11) is 0. The fourth-order valence-corrected chi connectivity index (χ4v) is 1.95. The summed E-state index contributed by atoms with van der Waals surface area (Å²) < 4.78 is 1.79. The maximum atomic E-state index is 9.78. The second-order valence-corrected chi connectivity index (χ2v) is 3.92. The molecule has 82 valence electrons. The van der Waals surface area contributed by atoms with Crippen LogP contribution in [-0.2, 0) is 6.54 Å². The number of fused-ring (bicyclic) bond motifs is 1. The van der Waals surface area contributed by atoms with E-state index in [-0.39, 0.29) is 0 Å². The highest BCUT2D eigenvalue weighted by Gasteiger charge is 2.22. The highest BCUT2D eigenvalue weighted by Crippen LogP contribution is 2.25. The summed E-state index contributed by atoms with van der Waals surface area (Å²) in [6.45, 7) is 0.833. The van der Waals surface area contributed by atoms with Gasteiger partial charge in [-0.05, 0) is 25.0 Å². The molecule has 16 heavy (non-hydrogen) atoms. The summed E-state index contributed by atoms with van der Waals surface area (Å²) in [6.07, 6.45) is 4.68. The normalized spacial score (nSPS) is 19.4. The number of hydrogen-bond acceptors (Lipinski definition) is 4. The predicted molar refractivity (Wildman–Crippen MR) is 57.4 cm³/mol. The summed E-state index contributed by atoms with van der Waals surface area (Å²) in [5, 5.41) is 14.2. The molecule has 1 N–H and O–H groups in total. The first-order chi connectivity index (χ1) is 7.84. The van der Waals surface area contributed by atoms with Gasteiger partial charge in [0.15, 0.2) is 11.6 Å². The summed E-state index contributed by atoms with van der Waals surface area (Å²) in [5.74, 6) is 1.31. The lowest BCUT2D eigenvalue weighted by molar-refractivity contribution is 0.130. The van der Waals surface area contributed by atoms with Crippen LogP contribution in [0, 0.1) is 0 Å². The van der Waals surface area contributed by atoms with Crippen LogP contribution >= 0.6 is 0 Å². The van der Waals surface area contributed by atoms with E-state index >= 15 is 0 Å². The Kier molecular flexibility index (Phi) is 2.18. The van der Waals surface area contributed by atoms with Crippen molar-refractivity contribution >= 4 is 0 Å². The number of pyridine rings is 1. The molecule has 0 saturated heterocycles. The molecule has 0 aliphatic carbocycles. The highest BCUT2D eigenvalue weighted by molar-refractivity contribution is 5.52. The molecule has 1 unspecified atom stereocenters. The third kappa shape index (κ3) is 1.49. The minimum Gasteiger partial charge on any atom is -0.385 e. The first-order valence-corrected chi connectivity index (χ1v) is 5.38. The first-order valence-electron chi connectivity index (χ1n) is 5.38. The number of nitrogens with zero attached hydrogens (tertiary/aromatic N) is 4. The Morgan fingerprint density at radius 2 is 2.38 bits per heavy atom. The van der Waals surface area contributed by atoms with E-state index in [1.807, 2.05) is 12.1 Å². The monoisotopic (exact) mass is 216 g/mol. The molecule has 1 aliphatic rings. The Bertz CT molecular complexity index is 494. The fourth-order valence-electron chi connectivity index (χ4n) is 1.95. The smallest absolute Gasteiger partial charge is 0.183 e. The minimum absolute atomic E-state index is 0.480. The molecule has 0 saturated carbocycles. The highest BCUT2D eigenvalue weighted by atomic mass is 16.3. The quantitative estimate of drug-likeness (QED) is 0.777. The number of aromatic nitrogens is 4. The first kappa shape index (κ1) is 9.47. The molecule has 0 spiro atoms. The summed E-state index contributed by atoms with van der Waals surface area (Å²) in [4.78, 5) is 8.40. The van der Waals surface area contributed by atoms with Crippen molar-refractivity contribution in [1.29, 1.82) is 0 Å². The van der Waals surface area contributed by atoms with Crippen molar-refractivity contribution < 1.29 is 5.11 Å². The van der Waals surface area contributed by atoms with Crippen molar-refractivity contribution in [3.63, 3.8) is 0 Å². The number of aliphatic hydroxyl groups is 1. The lowest BCUT2D eigenvalue weighted by Crippen LogP contribution is -2.16. The second kappa shape index (κ2) is 3.68. The van der Waals surface area contributed by atoms with Gasteiger partial charge in [-0.15, -0.1) is 0 Å². The topological polar surface area (TPSA) is 63.8 Å². The van der Waals surface area contributed by atoms with E-state index in [1.165, 1.54) is 0 Å². The van der Waals surface area contributed by atoms with Crippen LogP contribution in [0.5, 0.6) is 0 Å². The summed E-state index contributed by atoms with van der Waals surface area (Å²) >= 11 is 0. The average Bonchev–Trinajstić information content (AvgIpc) is 2.76. The zero-order valence-corrected chi connectivity index (χ0v) is 8.74. The van der Waals surface area contributed by atoms with E-state index in [0.29, 0.717) is 11.6 Å². The van der Waals surface area contributed by atoms with Gasteiger partial charge in [0.25, 0.3) is 0 Å². The number of rotatable bonds is 1. The molecule has 0 fully saturated rings. The van der Waals surface area contributed by atoms with Crippen molar-refractivity contribution in [1.82, 2.24) is 19.7 Å². The van der Waals surface area contributed by atoms with E-state index in [4.69, 9.17) is 0 Å². The third-order valence-electron chi connectivity index (χ3n) is 2.77. The molecule has 0 amide bonds. The van der Waals surface area contributed by atoms with Gasteiger partial charge in [-0.25, -0.2) is 9.67 Å². The predicted octanol–water partition coefficient (Wildman–Crippen LogP) is 1.17. The van der Waals surface area contributed by atoms with Crippen LogP contribution in [0.25, 0.3) is 11.4 Å². The molecule has 1 aliphatic heterocycles. The Balaban J connectivity index is 2.05. The standard InChI is InChI=1S/C11H12N4O/c16-9-4-2-6-15-11(9)13-10(14-15)8-3-1-5-12-7-8/h1,3,5,7,9,16H,2,4,6H2. The van der Waals surface area contributed by atoms with E-state index < -0.39 is 6.10 Å². The maximum absolute atomic E-state index is 9.78. The van der Waals surface area contributed by atoms with Gasteiger partial charge in [-0.3, -0.25) is 4.98 Å².